The summed E-state index contributed by atoms with van der Waals surface area (Å²) in [5.74, 6) is 0.983. The van der Waals surface area contributed by atoms with Gasteiger partial charge in [-0.1, -0.05) is 103 Å². The third-order valence-corrected chi connectivity index (χ3v) is 7.00. The van der Waals surface area contributed by atoms with Gasteiger partial charge in [-0.15, -0.1) is 0 Å². The molecule has 0 aliphatic rings. The average Bonchev–Trinajstić information content (AvgIpc) is 3.07. The lowest BCUT2D eigenvalue weighted by atomic mass is 10.0. The van der Waals surface area contributed by atoms with Crippen LogP contribution in [0, 0.1) is 6.92 Å². The van der Waals surface area contributed by atoms with E-state index in [0.717, 1.165) is 29.8 Å². The van der Waals surface area contributed by atoms with Crippen LogP contribution in [-0.4, -0.2) is 18.3 Å². The van der Waals surface area contributed by atoms with Crippen LogP contribution >= 0.6 is 0 Å². The van der Waals surface area contributed by atoms with Crippen LogP contribution in [0.2, 0.25) is 0 Å². The number of benzene rings is 1. The Balaban J connectivity index is 1.47. The fraction of sp³-hybridized carbons (Fsp3) is 0.731. The lowest BCUT2D eigenvalue weighted by Gasteiger charge is -2.07. The molecule has 0 radical (unpaired) electrons. The summed E-state index contributed by atoms with van der Waals surface area (Å²) in [6, 6.07) is 5.37. The van der Waals surface area contributed by atoms with Crippen LogP contribution in [0.3, 0.4) is 0 Å². The second-order valence-corrected chi connectivity index (χ2v) is 9.98. The Hall–Kier alpha value is -1.20. The summed E-state index contributed by atoms with van der Waals surface area (Å²) in [5, 5.41) is 0. The van der Waals surface area contributed by atoms with Crippen molar-refractivity contribution in [1.82, 2.24) is 9.55 Å². The van der Waals surface area contributed by atoms with Gasteiger partial charge in [0.25, 0.3) is 0 Å². The maximum absolute atomic E-state index is 11.3. The molecule has 4 nitrogen and oxygen atoms in total. The fourth-order valence-corrected chi connectivity index (χ4v) is 4.84. The Kier molecular flexibility index (Phi) is 13.1. The zero-order valence-corrected chi connectivity index (χ0v) is 20.7. The van der Waals surface area contributed by atoms with E-state index in [0.29, 0.717) is 4.90 Å². The van der Waals surface area contributed by atoms with Gasteiger partial charge in [0.15, 0.2) is 11.1 Å². The summed E-state index contributed by atoms with van der Waals surface area (Å²) in [6.07, 6.45) is 22.1. The zero-order valence-electron chi connectivity index (χ0n) is 19.9. The van der Waals surface area contributed by atoms with Crippen LogP contribution in [0.1, 0.15) is 115 Å². The summed E-state index contributed by atoms with van der Waals surface area (Å²) < 4.78 is 22.7. The van der Waals surface area contributed by atoms with Crippen molar-refractivity contribution in [3.05, 3.63) is 24.0 Å². The number of imidazole rings is 1. The molecule has 2 rings (SSSR count). The van der Waals surface area contributed by atoms with Crippen molar-refractivity contribution in [3.8, 4) is 0 Å². The maximum Gasteiger partial charge on any atom is 0.186 e. The smallest absolute Gasteiger partial charge is 0.186 e. The van der Waals surface area contributed by atoms with Crippen LogP contribution < -0.4 is 0 Å². The number of aromatic nitrogens is 2. The van der Waals surface area contributed by atoms with Crippen LogP contribution in [0.15, 0.2) is 23.1 Å². The fourth-order valence-electron chi connectivity index (χ4n) is 4.44. The number of nitrogens with zero attached hydrogens (tertiary/aromatic N) is 2. The predicted octanol–water partition coefficient (Wildman–Crippen LogP) is 8.19. The highest BCUT2D eigenvalue weighted by Gasteiger charge is 2.09. The molecule has 0 bridgehead atoms. The van der Waals surface area contributed by atoms with E-state index in [2.05, 4.69) is 16.5 Å². The Morgan fingerprint density at radius 2 is 1.29 bits per heavy atom. The Morgan fingerprint density at radius 1 is 0.806 bits per heavy atom. The lowest BCUT2D eigenvalue weighted by Crippen LogP contribution is -2.00. The third-order valence-electron chi connectivity index (χ3n) is 6.35. The van der Waals surface area contributed by atoms with Crippen LogP contribution in [0.5, 0.6) is 0 Å². The Morgan fingerprint density at radius 3 is 1.77 bits per heavy atom. The molecule has 1 N–H and O–H groups in total. The molecule has 0 aliphatic carbocycles. The van der Waals surface area contributed by atoms with Gasteiger partial charge in [0.05, 0.1) is 15.9 Å². The molecule has 31 heavy (non-hydrogen) atoms. The van der Waals surface area contributed by atoms with Gasteiger partial charge in [0, 0.05) is 6.54 Å². The van der Waals surface area contributed by atoms with Crippen molar-refractivity contribution in [2.45, 2.75) is 128 Å². The first-order chi connectivity index (χ1) is 15.1. The standard InChI is InChI=1S/C26H44N2O2S/c1-3-4-5-6-7-8-9-10-11-12-13-14-15-16-17-18-21-28-23(2)27-25-22-24(31(29)30)19-20-26(25)28/h19-20,22H,3-18,21H2,1-2H3,(H,29,30). The molecule has 0 saturated heterocycles. The number of aryl methyl sites for hydroxylation is 2. The molecule has 1 unspecified atom stereocenters. The monoisotopic (exact) mass is 448 g/mol. The van der Waals surface area contributed by atoms with E-state index in [1.54, 1.807) is 12.1 Å². The number of fused-ring (bicyclic) bond motifs is 1. The van der Waals surface area contributed by atoms with Crippen molar-refractivity contribution in [2.75, 3.05) is 0 Å². The van der Waals surface area contributed by atoms with E-state index in [1.165, 1.54) is 96.3 Å². The molecule has 0 saturated carbocycles. The molecule has 0 fully saturated rings. The molecule has 1 heterocycles. The molecule has 5 heteroatoms. The normalized spacial score (nSPS) is 12.6. The minimum absolute atomic E-state index is 0.416. The zero-order chi connectivity index (χ0) is 22.3. The minimum Gasteiger partial charge on any atom is -0.328 e. The number of hydrogen-bond donors (Lipinski definition) is 1. The van der Waals surface area contributed by atoms with Gasteiger partial charge < -0.3 is 9.12 Å². The van der Waals surface area contributed by atoms with Gasteiger partial charge in [0.1, 0.15) is 5.82 Å². The van der Waals surface area contributed by atoms with Crippen LogP contribution in [0.25, 0.3) is 11.0 Å². The first kappa shape index (κ1) is 26.1. The third kappa shape index (κ3) is 9.86. The first-order valence-electron chi connectivity index (χ1n) is 12.7. The summed E-state index contributed by atoms with van der Waals surface area (Å²) in [4.78, 5) is 4.98. The van der Waals surface area contributed by atoms with Crippen molar-refractivity contribution in [1.29, 1.82) is 0 Å². The largest absolute Gasteiger partial charge is 0.328 e. The van der Waals surface area contributed by atoms with Crippen LogP contribution in [-0.2, 0) is 17.6 Å². The van der Waals surface area contributed by atoms with E-state index in [4.69, 9.17) is 0 Å². The predicted molar refractivity (Wildman–Crippen MR) is 133 cm³/mol. The lowest BCUT2D eigenvalue weighted by molar-refractivity contribution is 0.521. The maximum atomic E-state index is 11.3. The molecule has 1 aromatic heterocycles. The van der Waals surface area contributed by atoms with Crippen molar-refractivity contribution >= 4 is 22.1 Å². The highest BCUT2D eigenvalue weighted by molar-refractivity contribution is 7.79. The number of rotatable bonds is 18. The molecule has 2 aromatic rings. The molecule has 176 valence electrons. The Labute approximate surface area is 192 Å². The minimum atomic E-state index is -1.95. The molecule has 0 amide bonds. The number of unbranched alkanes of at least 4 members (excludes halogenated alkanes) is 15. The second-order valence-electron chi connectivity index (χ2n) is 9.01. The molecule has 0 aliphatic heterocycles. The van der Waals surface area contributed by atoms with Crippen molar-refractivity contribution in [2.24, 2.45) is 0 Å². The number of hydrogen-bond acceptors (Lipinski definition) is 2. The summed E-state index contributed by atoms with van der Waals surface area (Å²) in [6.45, 7) is 5.27. The van der Waals surface area contributed by atoms with Gasteiger partial charge in [-0.2, -0.15) is 0 Å². The van der Waals surface area contributed by atoms with Crippen molar-refractivity contribution < 1.29 is 8.76 Å². The van der Waals surface area contributed by atoms with E-state index < -0.39 is 11.1 Å². The van der Waals surface area contributed by atoms with E-state index >= 15 is 0 Å². The van der Waals surface area contributed by atoms with E-state index in [1.807, 2.05) is 13.0 Å². The Bertz CT molecular complexity index is 772. The summed E-state index contributed by atoms with van der Waals surface area (Å²) >= 11 is -1.95. The first-order valence-corrected chi connectivity index (χ1v) is 13.8. The molecule has 0 spiro atoms. The summed E-state index contributed by atoms with van der Waals surface area (Å²) in [5.41, 5.74) is 1.88. The van der Waals surface area contributed by atoms with Gasteiger partial charge in [0.2, 0.25) is 0 Å². The molecule has 1 aromatic carbocycles. The molecular formula is C26H44N2O2S. The second kappa shape index (κ2) is 15.6. The highest BCUT2D eigenvalue weighted by Crippen LogP contribution is 2.20. The van der Waals surface area contributed by atoms with E-state index in [-0.39, 0.29) is 0 Å². The average molecular weight is 449 g/mol. The van der Waals surface area contributed by atoms with Gasteiger partial charge in [-0.25, -0.2) is 9.19 Å². The quantitative estimate of drug-likeness (QED) is 0.185. The topological polar surface area (TPSA) is 55.1 Å². The highest BCUT2D eigenvalue weighted by atomic mass is 32.2. The van der Waals surface area contributed by atoms with Gasteiger partial charge in [-0.05, 0) is 31.5 Å². The van der Waals surface area contributed by atoms with Crippen LogP contribution in [0.4, 0.5) is 0 Å². The van der Waals surface area contributed by atoms with Crippen molar-refractivity contribution in [3.63, 3.8) is 0 Å². The molecular weight excluding hydrogens is 404 g/mol. The van der Waals surface area contributed by atoms with Gasteiger partial charge in [-0.3, -0.25) is 0 Å². The SMILES string of the molecule is CCCCCCCCCCCCCCCCCCn1c(C)nc2cc(S(=O)O)ccc21. The summed E-state index contributed by atoms with van der Waals surface area (Å²) in [7, 11) is 0. The van der Waals surface area contributed by atoms with E-state index in [9.17, 15) is 8.76 Å². The van der Waals surface area contributed by atoms with Gasteiger partial charge >= 0.3 is 0 Å². The molecule has 1 atom stereocenters.